The summed E-state index contributed by atoms with van der Waals surface area (Å²) >= 11 is 1.86. The second-order valence-corrected chi connectivity index (χ2v) is 6.96. The number of nitrogens with one attached hydrogen (secondary N) is 2. The van der Waals surface area contributed by atoms with Crippen LogP contribution in [0.1, 0.15) is 20.9 Å². The van der Waals surface area contributed by atoms with Gasteiger partial charge in [-0.05, 0) is 49.2 Å². The Kier molecular flexibility index (Phi) is 4.99. The molecule has 0 radical (unpaired) electrons. The largest absolute Gasteiger partial charge is 0.380 e. The number of anilines is 2. The highest BCUT2D eigenvalue weighted by Gasteiger charge is 2.03. The van der Waals surface area contributed by atoms with Crippen LogP contribution < -0.4 is 10.6 Å². The maximum atomic E-state index is 3.52. The highest BCUT2D eigenvalue weighted by Crippen LogP contribution is 2.21. The van der Waals surface area contributed by atoms with Crippen LogP contribution in [0.15, 0.2) is 60.7 Å². The third-order valence-corrected chi connectivity index (χ3v) is 5.00. The molecule has 2 aromatic carbocycles. The lowest BCUT2D eigenvalue weighted by atomic mass is 10.2. The fraction of sp³-hybridized carbons (Fsp3) is 0.200. The first kappa shape index (κ1) is 15.6. The number of benzene rings is 2. The first-order chi connectivity index (χ1) is 11.2. The second kappa shape index (κ2) is 7.34. The molecule has 3 heteroatoms. The summed E-state index contributed by atoms with van der Waals surface area (Å²) in [6.45, 7) is 6.02. The Bertz CT molecular complexity index is 713. The summed E-state index contributed by atoms with van der Waals surface area (Å²) in [6, 6.07) is 21.2. The van der Waals surface area contributed by atoms with Gasteiger partial charge in [-0.2, -0.15) is 0 Å². The van der Waals surface area contributed by atoms with Crippen LogP contribution in [0.5, 0.6) is 0 Å². The standard InChI is InChI=1S/C20H22N2S/c1-15-7-3-5-9-19(15)21-13-17-11-12-18(23-17)14-22-20-10-6-4-8-16(20)2/h3-12,21-22H,13-14H2,1-2H3. The van der Waals surface area contributed by atoms with Crippen molar-refractivity contribution < 1.29 is 0 Å². The molecule has 3 aromatic rings. The number of hydrogen-bond donors (Lipinski definition) is 2. The van der Waals surface area contributed by atoms with Crippen LogP contribution in [0.4, 0.5) is 11.4 Å². The van der Waals surface area contributed by atoms with Crippen LogP contribution >= 0.6 is 11.3 Å². The molecule has 1 aromatic heterocycles. The molecule has 0 fully saturated rings. The maximum absolute atomic E-state index is 3.52. The maximum Gasteiger partial charge on any atom is 0.0494 e. The number of hydrogen-bond acceptors (Lipinski definition) is 3. The van der Waals surface area contributed by atoms with Crippen LogP contribution in [0.3, 0.4) is 0 Å². The van der Waals surface area contributed by atoms with E-state index in [9.17, 15) is 0 Å². The van der Waals surface area contributed by atoms with E-state index in [0.717, 1.165) is 13.1 Å². The SMILES string of the molecule is Cc1ccccc1NCc1ccc(CNc2ccccc2C)s1. The number of thiophene rings is 1. The average Bonchev–Trinajstić information content (AvgIpc) is 3.01. The Morgan fingerprint density at radius 3 is 1.52 bits per heavy atom. The van der Waals surface area contributed by atoms with Crippen molar-refractivity contribution in [3.05, 3.63) is 81.5 Å². The van der Waals surface area contributed by atoms with Crippen molar-refractivity contribution in [1.82, 2.24) is 0 Å². The van der Waals surface area contributed by atoms with Crippen molar-refractivity contribution in [2.75, 3.05) is 10.6 Å². The van der Waals surface area contributed by atoms with E-state index in [1.807, 2.05) is 11.3 Å². The topological polar surface area (TPSA) is 24.1 Å². The Morgan fingerprint density at radius 2 is 1.09 bits per heavy atom. The molecule has 2 N–H and O–H groups in total. The minimum atomic E-state index is 0.875. The van der Waals surface area contributed by atoms with Gasteiger partial charge < -0.3 is 10.6 Å². The van der Waals surface area contributed by atoms with Gasteiger partial charge in [0, 0.05) is 34.2 Å². The Morgan fingerprint density at radius 1 is 0.652 bits per heavy atom. The predicted molar refractivity (Wildman–Crippen MR) is 101 cm³/mol. The molecule has 1 heterocycles. The van der Waals surface area contributed by atoms with Crippen LogP contribution in [0.2, 0.25) is 0 Å². The van der Waals surface area contributed by atoms with Gasteiger partial charge >= 0.3 is 0 Å². The Balaban J connectivity index is 1.56. The van der Waals surface area contributed by atoms with E-state index < -0.39 is 0 Å². The van der Waals surface area contributed by atoms with E-state index in [-0.39, 0.29) is 0 Å². The van der Waals surface area contributed by atoms with E-state index >= 15 is 0 Å². The van der Waals surface area contributed by atoms with Gasteiger partial charge in [0.1, 0.15) is 0 Å². The van der Waals surface area contributed by atoms with Crippen LogP contribution in [-0.4, -0.2) is 0 Å². The molecule has 0 spiro atoms. The minimum absolute atomic E-state index is 0.875. The molecule has 0 aliphatic carbocycles. The molecule has 118 valence electrons. The third kappa shape index (κ3) is 4.14. The van der Waals surface area contributed by atoms with Gasteiger partial charge in [0.2, 0.25) is 0 Å². The first-order valence-corrected chi connectivity index (χ1v) is 8.70. The molecule has 0 bridgehead atoms. The third-order valence-electron chi connectivity index (χ3n) is 3.91. The normalized spacial score (nSPS) is 10.5. The molecule has 23 heavy (non-hydrogen) atoms. The summed E-state index contributed by atoms with van der Waals surface area (Å²) in [7, 11) is 0. The first-order valence-electron chi connectivity index (χ1n) is 7.89. The summed E-state index contributed by atoms with van der Waals surface area (Å²) in [5, 5.41) is 7.03. The van der Waals surface area contributed by atoms with Crippen LogP contribution in [-0.2, 0) is 13.1 Å². The van der Waals surface area contributed by atoms with Crippen molar-refractivity contribution >= 4 is 22.7 Å². The molecule has 3 rings (SSSR count). The minimum Gasteiger partial charge on any atom is -0.380 e. The summed E-state index contributed by atoms with van der Waals surface area (Å²) in [5.74, 6) is 0. The van der Waals surface area contributed by atoms with Crippen molar-refractivity contribution in [1.29, 1.82) is 0 Å². The lowest BCUT2D eigenvalue weighted by Crippen LogP contribution is -1.99. The lowest BCUT2D eigenvalue weighted by molar-refractivity contribution is 1.18. The van der Waals surface area contributed by atoms with Gasteiger partial charge in [0.25, 0.3) is 0 Å². The lowest BCUT2D eigenvalue weighted by Gasteiger charge is -2.08. The van der Waals surface area contributed by atoms with Crippen molar-refractivity contribution in [2.45, 2.75) is 26.9 Å². The summed E-state index contributed by atoms with van der Waals surface area (Å²) in [4.78, 5) is 2.71. The fourth-order valence-corrected chi connectivity index (χ4v) is 3.42. The summed E-state index contributed by atoms with van der Waals surface area (Å²) in [6.07, 6.45) is 0. The van der Waals surface area contributed by atoms with Crippen molar-refractivity contribution in [3.63, 3.8) is 0 Å². The monoisotopic (exact) mass is 322 g/mol. The zero-order chi connectivity index (χ0) is 16.1. The van der Waals surface area contributed by atoms with Crippen LogP contribution in [0.25, 0.3) is 0 Å². The van der Waals surface area contributed by atoms with Gasteiger partial charge in [0.15, 0.2) is 0 Å². The van der Waals surface area contributed by atoms with Crippen LogP contribution in [0, 0.1) is 13.8 Å². The highest BCUT2D eigenvalue weighted by atomic mass is 32.1. The Labute approximate surface area is 142 Å². The molecule has 0 amide bonds. The van der Waals surface area contributed by atoms with E-state index in [4.69, 9.17) is 0 Å². The fourth-order valence-electron chi connectivity index (χ4n) is 2.52. The summed E-state index contributed by atoms with van der Waals surface area (Å²) < 4.78 is 0. The second-order valence-electron chi connectivity index (χ2n) is 5.70. The molecule has 0 aliphatic rings. The molecular weight excluding hydrogens is 300 g/mol. The van der Waals surface area contributed by atoms with Gasteiger partial charge in [-0.3, -0.25) is 0 Å². The van der Waals surface area contributed by atoms with Crippen molar-refractivity contribution in [2.24, 2.45) is 0 Å². The van der Waals surface area contributed by atoms with E-state index in [0.29, 0.717) is 0 Å². The van der Waals surface area contributed by atoms with E-state index in [2.05, 4.69) is 85.1 Å². The van der Waals surface area contributed by atoms with Crippen molar-refractivity contribution in [3.8, 4) is 0 Å². The molecule has 0 atom stereocenters. The van der Waals surface area contributed by atoms with Gasteiger partial charge in [-0.15, -0.1) is 11.3 Å². The van der Waals surface area contributed by atoms with Gasteiger partial charge in [-0.25, -0.2) is 0 Å². The molecule has 2 nitrogen and oxygen atoms in total. The van der Waals surface area contributed by atoms with E-state index in [1.165, 1.54) is 32.3 Å². The molecule has 0 unspecified atom stereocenters. The zero-order valence-electron chi connectivity index (χ0n) is 13.6. The quantitative estimate of drug-likeness (QED) is 0.618. The van der Waals surface area contributed by atoms with Gasteiger partial charge in [0.05, 0.1) is 0 Å². The molecule has 0 aliphatic heterocycles. The van der Waals surface area contributed by atoms with E-state index in [1.54, 1.807) is 0 Å². The average molecular weight is 322 g/mol. The predicted octanol–water partition coefficient (Wildman–Crippen LogP) is 5.59. The number of rotatable bonds is 6. The Hall–Kier alpha value is -2.26. The molecule has 0 saturated heterocycles. The summed E-state index contributed by atoms with van der Waals surface area (Å²) in [5.41, 5.74) is 4.98. The van der Waals surface area contributed by atoms with Gasteiger partial charge in [-0.1, -0.05) is 36.4 Å². The zero-order valence-corrected chi connectivity index (χ0v) is 14.4. The number of aryl methyl sites for hydroxylation is 2. The smallest absolute Gasteiger partial charge is 0.0494 e. The molecular formula is C20H22N2S. The number of para-hydroxylation sites is 2. The molecule has 0 saturated carbocycles. The highest BCUT2D eigenvalue weighted by molar-refractivity contribution is 7.12.